The van der Waals surface area contributed by atoms with E-state index in [2.05, 4.69) is 14.8 Å². The summed E-state index contributed by atoms with van der Waals surface area (Å²) in [6, 6.07) is 15.6. The summed E-state index contributed by atoms with van der Waals surface area (Å²) in [5.74, 6) is 2.83. The molecule has 5 rings (SSSR count). The molecule has 2 aromatic heterocycles. The van der Waals surface area contributed by atoms with Gasteiger partial charge in [0.2, 0.25) is 6.79 Å². The van der Waals surface area contributed by atoms with Gasteiger partial charge in [0.05, 0.1) is 5.75 Å². The van der Waals surface area contributed by atoms with E-state index >= 15 is 0 Å². The Morgan fingerprint density at radius 2 is 1.91 bits per heavy atom. The van der Waals surface area contributed by atoms with E-state index in [-0.39, 0.29) is 24.9 Å². The predicted molar refractivity (Wildman–Crippen MR) is 130 cm³/mol. The number of benzene rings is 2. The zero-order chi connectivity index (χ0) is 24.4. The van der Waals surface area contributed by atoms with E-state index < -0.39 is 0 Å². The van der Waals surface area contributed by atoms with Crippen molar-refractivity contribution in [3.05, 3.63) is 82.5 Å². The fourth-order valence-electron chi connectivity index (χ4n) is 3.96. The molecule has 0 unspecified atom stereocenters. The summed E-state index contributed by atoms with van der Waals surface area (Å²) in [5, 5.41) is 8.39. The monoisotopic (exact) mass is 491 g/mol. The number of fused-ring (bicyclic) bond motifs is 1. The lowest BCUT2D eigenvalue weighted by atomic mass is 10.1. The highest BCUT2D eigenvalue weighted by molar-refractivity contribution is 7.99. The fraction of sp³-hybridized carbons (Fsp3) is 0.269. The maximum absolute atomic E-state index is 13.0. The molecule has 0 radical (unpaired) electrons. The maximum Gasteiger partial charge on any atom is 0.277 e. The van der Waals surface area contributed by atoms with Crippen LogP contribution < -0.4 is 14.2 Å². The molecule has 0 amide bonds. The normalized spacial score (nSPS) is 12.2. The summed E-state index contributed by atoms with van der Waals surface area (Å²) in [7, 11) is 0. The van der Waals surface area contributed by atoms with E-state index in [9.17, 15) is 4.79 Å². The zero-order valence-electron chi connectivity index (χ0n) is 19.7. The van der Waals surface area contributed by atoms with Crippen LogP contribution in [0.5, 0.6) is 17.2 Å². The lowest BCUT2D eigenvalue weighted by Crippen LogP contribution is -2.07. The number of aromatic nitrogens is 3. The van der Waals surface area contributed by atoms with Gasteiger partial charge in [-0.05, 0) is 62.2 Å². The second-order valence-electron chi connectivity index (χ2n) is 8.34. The van der Waals surface area contributed by atoms with Crippen LogP contribution in [0.1, 0.15) is 38.8 Å². The molecule has 3 heterocycles. The van der Waals surface area contributed by atoms with Crippen molar-refractivity contribution >= 4 is 17.5 Å². The van der Waals surface area contributed by atoms with Gasteiger partial charge in [0.15, 0.2) is 23.9 Å². The van der Waals surface area contributed by atoms with Crippen LogP contribution in [0.15, 0.2) is 58.2 Å². The lowest BCUT2D eigenvalue weighted by Gasteiger charge is -2.10. The first-order valence-electron chi connectivity index (χ1n) is 11.2. The van der Waals surface area contributed by atoms with Crippen molar-refractivity contribution in [1.82, 2.24) is 14.8 Å². The van der Waals surface area contributed by atoms with Crippen LogP contribution in [0.4, 0.5) is 0 Å². The number of Topliss-reactive ketones (excluding diaryl/α,β-unsaturated/α-hetero) is 1. The third-order valence-electron chi connectivity index (χ3n) is 5.78. The van der Waals surface area contributed by atoms with Gasteiger partial charge in [0, 0.05) is 23.5 Å². The maximum atomic E-state index is 13.0. The van der Waals surface area contributed by atoms with E-state index in [4.69, 9.17) is 18.6 Å². The number of carbonyl (C=O) groups excluding carboxylic acids is 1. The molecule has 2 aromatic carbocycles. The molecule has 8 nitrogen and oxygen atoms in total. The molecule has 0 spiro atoms. The van der Waals surface area contributed by atoms with Crippen molar-refractivity contribution in [3.8, 4) is 17.2 Å². The fourth-order valence-corrected chi connectivity index (χ4v) is 4.62. The van der Waals surface area contributed by atoms with Gasteiger partial charge in [-0.25, -0.2) is 0 Å². The number of thioether (sulfide) groups is 1. The Hall–Kier alpha value is -3.72. The summed E-state index contributed by atoms with van der Waals surface area (Å²) < 4.78 is 24.3. The molecule has 0 bridgehead atoms. The second kappa shape index (κ2) is 9.87. The average Bonchev–Trinajstić information content (AvgIpc) is 3.57. The van der Waals surface area contributed by atoms with Gasteiger partial charge in [-0.2, -0.15) is 0 Å². The Morgan fingerprint density at radius 1 is 1.06 bits per heavy atom. The molecular weight excluding hydrogens is 466 g/mol. The van der Waals surface area contributed by atoms with Crippen molar-refractivity contribution < 1.29 is 23.4 Å². The molecule has 0 atom stereocenters. The zero-order valence-corrected chi connectivity index (χ0v) is 20.6. The first-order valence-corrected chi connectivity index (χ1v) is 12.2. The van der Waals surface area contributed by atoms with E-state index in [0.29, 0.717) is 23.2 Å². The Morgan fingerprint density at radius 3 is 2.77 bits per heavy atom. The molecule has 0 saturated carbocycles. The smallest absolute Gasteiger partial charge is 0.277 e. The van der Waals surface area contributed by atoms with Gasteiger partial charge < -0.3 is 23.2 Å². The number of rotatable bonds is 9. The molecular formula is C26H25N3O5S. The largest absolute Gasteiger partial charge is 0.484 e. The summed E-state index contributed by atoms with van der Waals surface area (Å²) >= 11 is 1.22. The Labute approximate surface area is 207 Å². The highest BCUT2D eigenvalue weighted by atomic mass is 32.2. The number of carbonyl (C=O) groups is 1. The number of ketones is 1. The van der Waals surface area contributed by atoms with Gasteiger partial charge in [0.25, 0.3) is 11.1 Å². The van der Waals surface area contributed by atoms with Crippen molar-refractivity contribution in [3.63, 3.8) is 0 Å². The molecule has 35 heavy (non-hydrogen) atoms. The van der Waals surface area contributed by atoms with Gasteiger partial charge in [0.1, 0.15) is 5.75 Å². The van der Waals surface area contributed by atoms with Crippen LogP contribution in [0.25, 0.3) is 0 Å². The quantitative estimate of drug-likeness (QED) is 0.235. The number of ether oxygens (including phenoxy) is 3. The van der Waals surface area contributed by atoms with Crippen molar-refractivity contribution in [2.75, 3.05) is 12.5 Å². The van der Waals surface area contributed by atoms with Crippen LogP contribution in [-0.2, 0) is 13.2 Å². The minimum Gasteiger partial charge on any atom is -0.484 e. The number of hydrogen-bond donors (Lipinski definition) is 0. The highest BCUT2D eigenvalue weighted by Gasteiger charge is 2.19. The van der Waals surface area contributed by atoms with E-state index in [1.54, 1.807) is 0 Å². The van der Waals surface area contributed by atoms with Gasteiger partial charge in [-0.3, -0.25) is 4.79 Å². The first-order chi connectivity index (χ1) is 17.0. The second-order valence-corrected chi connectivity index (χ2v) is 9.26. The average molecular weight is 492 g/mol. The topological polar surface area (TPSA) is 88.6 Å². The molecule has 0 N–H and O–H groups in total. The number of hydrogen-bond acceptors (Lipinski definition) is 8. The molecule has 0 fully saturated rings. The minimum absolute atomic E-state index is 0.01000. The van der Waals surface area contributed by atoms with Crippen LogP contribution in [0, 0.1) is 20.8 Å². The van der Waals surface area contributed by atoms with Gasteiger partial charge >= 0.3 is 0 Å². The molecule has 0 aliphatic carbocycles. The van der Waals surface area contributed by atoms with Crippen molar-refractivity contribution in [2.45, 2.75) is 39.1 Å². The molecule has 0 saturated heterocycles. The van der Waals surface area contributed by atoms with Crippen LogP contribution in [0.2, 0.25) is 0 Å². The summed E-state index contributed by atoms with van der Waals surface area (Å²) in [5.41, 5.74) is 4.82. The molecule has 4 aromatic rings. The molecule has 1 aliphatic heterocycles. The SMILES string of the molecule is Cc1cccc(OCc2nnc(SCC(=O)c3cc(C)n(Cc4ccc5c(c4)OCO5)c3C)o2)c1. The van der Waals surface area contributed by atoms with E-state index in [1.807, 2.05) is 69.3 Å². The Balaban J connectivity index is 1.19. The molecule has 1 aliphatic rings. The standard InChI is InChI=1S/C26H25N3O5S/c1-16-5-4-6-20(9-16)31-13-25-27-28-26(34-25)35-14-22(30)21-10-17(2)29(18(21)3)12-19-7-8-23-24(11-19)33-15-32-23/h4-11H,12-15H2,1-3H3. The van der Waals surface area contributed by atoms with Crippen molar-refractivity contribution in [1.29, 1.82) is 0 Å². The molecule has 180 valence electrons. The summed E-state index contributed by atoms with van der Waals surface area (Å²) in [6.45, 7) is 7.03. The summed E-state index contributed by atoms with van der Waals surface area (Å²) in [4.78, 5) is 13.0. The summed E-state index contributed by atoms with van der Waals surface area (Å²) in [6.07, 6.45) is 0. The highest BCUT2D eigenvalue weighted by Crippen LogP contribution is 2.33. The van der Waals surface area contributed by atoms with E-state index in [1.165, 1.54) is 11.8 Å². The van der Waals surface area contributed by atoms with Crippen LogP contribution >= 0.6 is 11.8 Å². The Bertz CT molecular complexity index is 1380. The van der Waals surface area contributed by atoms with Gasteiger partial charge in [-0.15, -0.1) is 10.2 Å². The third kappa shape index (κ3) is 5.19. The first kappa shape index (κ1) is 23.0. The van der Waals surface area contributed by atoms with E-state index in [0.717, 1.165) is 39.8 Å². The van der Waals surface area contributed by atoms with Crippen LogP contribution in [-0.4, -0.2) is 33.1 Å². The minimum atomic E-state index is 0.01000. The van der Waals surface area contributed by atoms with Crippen LogP contribution in [0.3, 0.4) is 0 Å². The van der Waals surface area contributed by atoms with Gasteiger partial charge in [-0.1, -0.05) is 30.0 Å². The van der Waals surface area contributed by atoms with Crippen molar-refractivity contribution in [2.24, 2.45) is 0 Å². The predicted octanol–water partition coefficient (Wildman–Crippen LogP) is 5.13. The Kier molecular flexibility index (Phi) is 6.50. The third-order valence-corrected chi connectivity index (χ3v) is 6.60. The number of nitrogens with zero attached hydrogens (tertiary/aromatic N) is 3. The molecule has 9 heteroatoms. The number of aryl methyl sites for hydroxylation is 2. The lowest BCUT2D eigenvalue weighted by molar-refractivity contribution is 0.102.